The quantitative estimate of drug-likeness (QED) is 0.888. The van der Waals surface area contributed by atoms with E-state index in [-0.39, 0.29) is 5.91 Å². The number of carbonyl (C=O) groups is 1. The molecule has 1 atom stereocenters. The Morgan fingerprint density at radius 1 is 1.33 bits per heavy atom. The lowest BCUT2D eigenvalue weighted by atomic mass is 9.73. The molecule has 3 rings (SSSR count). The molecule has 128 valence electrons. The third kappa shape index (κ3) is 3.46. The zero-order valence-electron chi connectivity index (χ0n) is 14.7. The van der Waals surface area contributed by atoms with E-state index in [4.69, 9.17) is 4.74 Å². The van der Waals surface area contributed by atoms with Gasteiger partial charge in [0.2, 0.25) is 0 Å². The number of nitrogens with zero attached hydrogens (tertiary/aromatic N) is 1. The Bertz CT molecular complexity index is 746. The van der Waals surface area contributed by atoms with Crippen LogP contribution in [0.25, 0.3) is 0 Å². The lowest BCUT2D eigenvalue weighted by molar-refractivity contribution is 0.102. The molecule has 1 aliphatic rings. The van der Waals surface area contributed by atoms with Gasteiger partial charge in [-0.3, -0.25) is 10.1 Å². The van der Waals surface area contributed by atoms with Gasteiger partial charge >= 0.3 is 0 Å². The normalized spacial score (nSPS) is 17.2. The van der Waals surface area contributed by atoms with Crippen LogP contribution in [0.3, 0.4) is 0 Å². The first-order chi connectivity index (χ1) is 11.4. The summed E-state index contributed by atoms with van der Waals surface area (Å²) < 4.78 is 5.26. The molecule has 1 N–H and O–H groups in total. The molecule has 0 aliphatic heterocycles. The first kappa shape index (κ1) is 17.0. The fraction of sp³-hybridized carbons (Fsp3) is 0.474. The summed E-state index contributed by atoms with van der Waals surface area (Å²) in [6.45, 7) is 6.90. The molecule has 0 spiro atoms. The summed E-state index contributed by atoms with van der Waals surface area (Å²) in [5.41, 5.74) is 1.99. The number of amides is 1. The fourth-order valence-electron chi connectivity index (χ4n) is 3.16. The van der Waals surface area contributed by atoms with Gasteiger partial charge in [0.25, 0.3) is 5.91 Å². The SMILES string of the molecule is COc1ccccc1C(=O)Nc1nc2c(s1)C[C@@H](C(C)(C)C)CC2. The Morgan fingerprint density at radius 2 is 2.08 bits per heavy atom. The van der Waals surface area contributed by atoms with E-state index in [2.05, 4.69) is 31.1 Å². The molecule has 5 heteroatoms. The zero-order valence-corrected chi connectivity index (χ0v) is 15.5. The molecule has 1 aliphatic carbocycles. The van der Waals surface area contributed by atoms with Crippen molar-refractivity contribution in [1.29, 1.82) is 0 Å². The number of hydrogen-bond donors (Lipinski definition) is 1. The smallest absolute Gasteiger partial charge is 0.261 e. The highest BCUT2D eigenvalue weighted by atomic mass is 32.1. The number of aryl methyl sites for hydroxylation is 1. The van der Waals surface area contributed by atoms with E-state index < -0.39 is 0 Å². The lowest BCUT2D eigenvalue weighted by Crippen LogP contribution is -2.26. The van der Waals surface area contributed by atoms with Crippen molar-refractivity contribution in [2.24, 2.45) is 11.3 Å². The number of carbonyl (C=O) groups excluding carboxylic acids is 1. The summed E-state index contributed by atoms with van der Waals surface area (Å²) >= 11 is 1.61. The van der Waals surface area contributed by atoms with Crippen LogP contribution in [-0.2, 0) is 12.8 Å². The van der Waals surface area contributed by atoms with Crippen molar-refractivity contribution in [2.45, 2.75) is 40.0 Å². The predicted octanol–water partition coefficient (Wildman–Crippen LogP) is 4.56. The molecule has 24 heavy (non-hydrogen) atoms. The number of rotatable bonds is 3. The average molecular weight is 344 g/mol. The average Bonchev–Trinajstić information content (AvgIpc) is 2.95. The molecule has 1 aromatic carbocycles. The van der Waals surface area contributed by atoms with Gasteiger partial charge in [-0.25, -0.2) is 4.98 Å². The van der Waals surface area contributed by atoms with Gasteiger partial charge in [-0.15, -0.1) is 11.3 Å². The van der Waals surface area contributed by atoms with Gasteiger partial charge in [0.05, 0.1) is 18.4 Å². The van der Waals surface area contributed by atoms with Gasteiger partial charge in [-0.1, -0.05) is 32.9 Å². The molecule has 0 unspecified atom stereocenters. The highest BCUT2D eigenvalue weighted by molar-refractivity contribution is 7.15. The topological polar surface area (TPSA) is 51.2 Å². The van der Waals surface area contributed by atoms with Crippen LogP contribution >= 0.6 is 11.3 Å². The lowest BCUT2D eigenvalue weighted by Gasteiger charge is -2.33. The molecule has 1 amide bonds. The first-order valence-corrected chi connectivity index (χ1v) is 9.13. The van der Waals surface area contributed by atoms with Crippen LogP contribution < -0.4 is 10.1 Å². The van der Waals surface area contributed by atoms with E-state index in [9.17, 15) is 4.79 Å². The number of aromatic nitrogens is 1. The molecule has 1 aromatic heterocycles. The molecule has 1 heterocycles. The van der Waals surface area contributed by atoms with E-state index in [1.54, 1.807) is 30.6 Å². The number of hydrogen-bond acceptors (Lipinski definition) is 4. The van der Waals surface area contributed by atoms with Crippen molar-refractivity contribution in [3.8, 4) is 5.75 Å². The Morgan fingerprint density at radius 3 is 2.79 bits per heavy atom. The highest BCUT2D eigenvalue weighted by Crippen LogP contribution is 2.40. The molecule has 0 saturated carbocycles. The van der Waals surface area contributed by atoms with Crippen LogP contribution in [0.1, 0.15) is 48.1 Å². The number of nitrogens with one attached hydrogen (secondary N) is 1. The molecule has 2 aromatic rings. The van der Waals surface area contributed by atoms with Crippen molar-refractivity contribution >= 4 is 22.4 Å². The van der Waals surface area contributed by atoms with Crippen molar-refractivity contribution < 1.29 is 9.53 Å². The second kappa shape index (κ2) is 6.55. The third-order valence-electron chi connectivity index (χ3n) is 4.74. The number of ether oxygens (including phenoxy) is 1. The second-order valence-electron chi connectivity index (χ2n) is 7.35. The van der Waals surface area contributed by atoms with Crippen molar-refractivity contribution in [3.63, 3.8) is 0 Å². The van der Waals surface area contributed by atoms with Crippen LogP contribution in [0.4, 0.5) is 5.13 Å². The molecular formula is C19H24N2O2S. The van der Waals surface area contributed by atoms with Crippen LogP contribution in [0.5, 0.6) is 5.75 Å². The summed E-state index contributed by atoms with van der Waals surface area (Å²) in [5, 5.41) is 3.62. The van der Waals surface area contributed by atoms with Gasteiger partial charge < -0.3 is 4.74 Å². The van der Waals surface area contributed by atoms with Crippen LogP contribution in [0.2, 0.25) is 0 Å². The maximum absolute atomic E-state index is 12.5. The Balaban J connectivity index is 1.76. The minimum Gasteiger partial charge on any atom is -0.496 e. The fourth-order valence-corrected chi connectivity index (χ4v) is 4.25. The Kier molecular flexibility index (Phi) is 4.63. The van der Waals surface area contributed by atoms with Crippen molar-refractivity contribution in [3.05, 3.63) is 40.4 Å². The molecule has 0 fully saturated rings. The third-order valence-corrected chi connectivity index (χ3v) is 5.77. The minimum atomic E-state index is -0.175. The number of benzene rings is 1. The maximum atomic E-state index is 12.5. The summed E-state index contributed by atoms with van der Waals surface area (Å²) in [5.74, 6) is 1.07. The number of anilines is 1. The van der Waals surface area contributed by atoms with E-state index in [0.717, 1.165) is 18.5 Å². The van der Waals surface area contributed by atoms with E-state index >= 15 is 0 Å². The molecule has 4 nitrogen and oxygen atoms in total. The molecule has 0 saturated heterocycles. The Labute approximate surface area is 147 Å². The van der Waals surface area contributed by atoms with Crippen molar-refractivity contribution in [1.82, 2.24) is 4.98 Å². The van der Waals surface area contributed by atoms with E-state index in [0.29, 0.717) is 27.8 Å². The Hall–Kier alpha value is -1.88. The van der Waals surface area contributed by atoms with Gasteiger partial charge in [0, 0.05) is 4.88 Å². The van der Waals surface area contributed by atoms with Crippen LogP contribution in [-0.4, -0.2) is 18.0 Å². The molecular weight excluding hydrogens is 320 g/mol. The largest absolute Gasteiger partial charge is 0.496 e. The highest BCUT2D eigenvalue weighted by Gasteiger charge is 2.30. The summed E-state index contributed by atoms with van der Waals surface area (Å²) in [7, 11) is 1.57. The van der Waals surface area contributed by atoms with Gasteiger partial charge in [-0.05, 0) is 42.7 Å². The van der Waals surface area contributed by atoms with Gasteiger partial charge in [-0.2, -0.15) is 0 Å². The van der Waals surface area contributed by atoms with E-state index in [1.165, 1.54) is 11.3 Å². The van der Waals surface area contributed by atoms with Crippen molar-refractivity contribution in [2.75, 3.05) is 12.4 Å². The van der Waals surface area contributed by atoms with Crippen LogP contribution in [0, 0.1) is 11.3 Å². The van der Waals surface area contributed by atoms with E-state index in [1.807, 2.05) is 12.1 Å². The van der Waals surface area contributed by atoms with Gasteiger partial charge in [0.15, 0.2) is 5.13 Å². The molecule has 0 bridgehead atoms. The van der Waals surface area contributed by atoms with Crippen LogP contribution in [0.15, 0.2) is 24.3 Å². The maximum Gasteiger partial charge on any atom is 0.261 e. The number of para-hydroxylation sites is 1. The summed E-state index contributed by atoms with van der Waals surface area (Å²) in [4.78, 5) is 18.5. The summed E-state index contributed by atoms with van der Waals surface area (Å²) in [6.07, 6.45) is 3.22. The zero-order chi connectivity index (χ0) is 17.3. The van der Waals surface area contributed by atoms with Gasteiger partial charge in [0.1, 0.15) is 5.75 Å². The predicted molar refractivity (Wildman–Crippen MR) is 98.0 cm³/mol. The minimum absolute atomic E-state index is 0.175. The molecule has 0 radical (unpaired) electrons. The number of thiazole rings is 1. The standard InChI is InChI=1S/C19H24N2O2S/c1-19(2,3)12-9-10-14-16(11-12)24-18(20-14)21-17(22)13-7-5-6-8-15(13)23-4/h5-8,12H,9-11H2,1-4H3,(H,20,21,22)/t12-/m0/s1. The monoisotopic (exact) mass is 344 g/mol. The summed E-state index contributed by atoms with van der Waals surface area (Å²) in [6, 6.07) is 7.23. The number of fused-ring (bicyclic) bond motifs is 1. The number of methoxy groups -OCH3 is 1. The second-order valence-corrected chi connectivity index (χ2v) is 8.43. The first-order valence-electron chi connectivity index (χ1n) is 8.31.